The van der Waals surface area contributed by atoms with Gasteiger partial charge in [-0.1, -0.05) is 18.2 Å². The largest absolute Gasteiger partial charge is 0.495 e. The molecule has 2 rings (SSSR count). The highest BCUT2D eigenvalue weighted by Gasteiger charge is 2.08. The summed E-state index contributed by atoms with van der Waals surface area (Å²) in [6.45, 7) is 0.804. The first-order valence-electron chi connectivity index (χ1n) is 6.75. The van der Waals surface area contributed by atoms with Gasteiger partial charge in [0.15, 0.2) is 5.11 Å². The van der Waals surface area contributed by atoms with E-state index >= 15 is 0 Å². The molecule has 0 bridgehead atoms. The van der Waals surface area contributed by atoms with Crippen LogP contribution in [0.25, 0.3) is 0 Å². The van der Waals surface area contributed by atoms with E-state index in [0.717, 1.165) is 30.1 Å². The van der Waals surface area contributed by atoms with Gasteiger partial charge in [-0.2, -0.15) is 0 Å². The number of hydrogen-bond donors (Lipinski definition) is 1. The number of nitrogens with one attached hydrogen (secondary N) is 1. The van der Waals surface area contributed by atoms with Gasteiger partial charge in [-0.25, -0.2) is 0 Å². The first-order chi connectivity index (χ1) is 10.2. The smallest absolute Gasteiger partial charge is 0.173 e. The van der Waals surface area contributed by atoms with E-state index in [0.29, 0.717) is 5.11 Å². The van der Waals surface area contributed by atoms with Crippen molar-refractivity contribution in [2.45, 2.75) is 6.42 Å². The normalized spacial score (nSPS) is 10.0. The van der Waals surface area contributed by atoms with E-state index < -0.39 is 0 Å². The minimum Gasteiger partial charge on any atom is -0.495 e. The van der Waals surface area contributed by atoms with Crippen molar-refractivity contribution in [1.82, 2.24) is 9.88 Å². The van der Waals surface area contributed by atoms with Crippen LogP contribution in [0.4, 0.5) is 5.69 Å². The molecule has 1 aromatic heterocycles. The zero-order valence-electron chi connectivity index (χ0n) is 12.2. The number of rotatable bonds is 5. The van der Waals surface area contributed by atoms with Gasteiger partial charge in [0.1, 0.15) is 5.75 Å². The molecule has 0 radical (unpaired) electrons. The maximum Gasteiger partial charge on any atom is 0.173 e. The predicted octanol–water partition coefficient (Wildman–Crippen LogP) is 2.96. The van der Waals surface area contributed by atoms with Crippen molar-refractivity contribution in [1.29, 1.82) is 0 Å². The maximum atomic E-state index is 5.42. The lowest BCUT2D eigenvalue weighted by Crippen LogP contribution is -2.32. The lowest BCUT2D eigenvalue weighted by molar-refractivity contribution is 0.416. The number of para-hydroxylation sites is 2. The van der Waals surface area contributed by atoms with Crippen LogP contribution in [0, 0.1) is 0 Å². The predicted molar refractivity (Wildman–Crippen MR) is 89.8 cm³/mol. The molecular weight excluding hydrogens is 282 g/mol. The van der Waals surface area contributed by atoms with Gasteiger partial charge in [-0.3, -0.25) is 4.98 Å². The number of ether oxygens (including phenoxy) is 1. The van der Waals surface area contributed by atoms with E-state index in [2.05, 4.69) is 10.3 Å². The molecule has 0 amide bonds. The van der Waals surface area contributed by atoms with E-state index in [-0.39, 0.29) is 0 Å². The number of nitrogens with zero attached hydrogens (tertiary/aromatic N) is 2. The molecule has 0 spiro atoms. The van der Waals surface area contributed by atoms with Crippen LogP contribution in [0.3, 0.4) is 0 Å². The van der Waals surface area contributed by atoms with E-state index in [9.17, 15) is 0 Å². The molecule has 1 N–H and O–H groups in total. The molecule has 0 fully saturated rings. The molecule has 0 saturated carbocycles. The first kappa shape index (κ1) is 15.3. The van der Waals surface area contributed by atoms with Gasteiger partial charge < -0.3 is 15.0 Å². The van der Waals surface area contributed by atoms with Crippen LogP contribution in [0.15, 0.2) is 48.7 Å². The van der Waals surface area contributed by atoms with Crippen molar-refractivity contribution in [2.24, 2.45) is 0 Å². The third-order valence-electron chi connectivity index (χ3n) is 3.12. The fourth-order valence-electron chi connectivity index (χ4n) is 1.89. The summed E-state index contributed by atoms with van der Waals surface area (Å²) in [5, 5.41) is 3.87. The summed E-state index contributed by atoms with van der Waals surface area (Å²) >= 11 is 5.42. The molecule has 0 saturated heterocycles. The number of benzene rings is 1. The SMILES string of the molecule is COc1ccccc1NC(=S)N(C)CCc1ccccn1. The Morgan fingerprint density at radius 1 is 1.24 bits per heavy atom. The molecule has 0 aliphatic rings. The van der Waals surface area contributed by atoms with Gasteiger partial charge in [0.25, 0.3) is 0 Å². The molecule has 21 heavy (non-hydrogen) atoms. The summed E-state index contributed by atoms with van der Waals surface area (Å²) in [6.07, 6.45) is 2.66. The van der Waals surface area contributed by atoms with Gasteiger partial charge in [-0.15, -0.1) is 0 Å². The molecule has 4 nitrogen and oxygen atoms in total. The highest BCUT2D eigenvalue weighted by Crippen LogP contribution is 2.23. The minimum atomic E-state index is 0.662. The maximum absolute atomic E-state index is 5.42. The van der Waals surface area contributed by atoms with Crippen molar-refractivity contribution in [3.63, 3.8) is 0 Å². The van der Waals surface area contributed by atoms with E-state index in [1.807, 2.05) is 54.4 Å². The molecular formula is C16H19N3OS. The van der Waals surface area contributed by atoms with Gasteiger partial charge in [-0.05, 0) is 36.5 Å². The molecule has 110 valence electrons. The lowest BCUT2D eigenvalue weighted by atomic mass is 10.2. The fourth-order valence-corrected chi connectivity index (χ4v) is 2.09. The van der Waals surface area contributed by atoms with Gasteiger partial charge in [0.05, 0.1) is 12.8 Å². The van der Waals surface area contributed by atoms with E-state index in [1.165, 1.54) is 0 Å². The number of anilines is 1. The Kier molecular flexibility index (Phi) is 5.51. The van der Waals surface area contributed by atoms with Crippen molar-refractivity contribution in [2.75, 3.05) is 26.0 Å². The average molecular weight is 301 g/mol. The Morgan fingerprint density at radius 2 is 2.00 bits per heavy atom. The topological polar surface area (TPSA) is 37.4 Å². The van der Waals surface area contributed by atoms with Crippen LogP contribution < -0.4 is 10.1 Å². The van der Waals surface area contributed by atoms with Crippen molar-refractivity contribution < 1.29 is 4.74 Å². The van der Waals surface area contributed by atoms with Crippen LogP contribution in [0.2, 0.25) is 0 Å². The zero-order chi connectivity index (χ0) is 15.1. The molecule has 0 aliphatic heterocycles. The van der Waals surface area contributed by atoms with E-state index in [4.69, 9.17) is 17.0 Å². The number of likely N-dealkylation sites (N-methyl/N-ethyl adjacent to an activating group) is 1. The summed E-state index contributed by atoms with van der Waals surface area (Å²) in [5.74, 6) is 0.776. The number of pyridine rings is 1. The van der Waals surface area contributed by atoms with Gasteiger partial charge in [0, 0.05) is 31.9 Å². The Bertz CT molecular complexity index is 589. The highest BCUT2D eigenvalue weighted by atomic mass is 32.1. The molecule has 1 heterocycles. The molecule has 1 aromatic carbocycles. The molecule has 5 heteroatoms. The summed E-state index contributed by atoms with van der Waals surface area (Å²) in [7, 11) is 3.61. The van der Waals surface area contributed by atoms with Crippen LogP contribution in [-0.4, -0.2) is 35.7 Å². The Morgan fingerprint density at radius 3 is 2.71 bits per heavy atom. The summed E-state index contributed by atoms with van der Waals surface area (Å²) in [5.41, 5.74) is 1.93. The third kappa shape index (κ3) is 4.43. The number of methoxy groups -OCH3 is 1. The number of hydrogen-bond acceptors (Lipinski definition) is 3. The van der Waals surface area contributed by atoms with Crippen LogP contribution in [-0.2, 0) is 6.42 Å². The lowest BCUT2D eigenvalue weighted by Gasteiger charge is -2.21. The van der Waals surface area contributed by atoms with Crippen LogP contribution in [0.1, 0.15) is 5.69 Å². The Labute approximate surface area is 130 Å². The minimum absolute atomic E-state index is 0.662. The molecule has 0 unspecified atom stereocenters. The summed E-state index contributed by atoms with van der Waals surface area (Å²) < 4.78 is 5.30. The zero-order valence-corrected chi connectivity index (χ0v) is 13.1. The fraction of sp³-hybridized carbons (Fsp3) is 0.250. The Balaban J connectivity index is 1.90. The van der Waals surface area contributed by atoms with Crippen molar-refractivity contribution >= 4 is 23.0 Å². The summed E-state index contributed by atoms with van der Waals surface area (Å²) in [6, 6.07) is 13.6. The van der Waals surface area contributed by atoms with Crippen LogP contribution >= 0.6 is 12.2 Å². The molecule has 0 aliphatic carbocycles. The first-order valence-corrected chi connectivity index (χ1v) is 7.16. The van der Waals surface area contributed by atoms with Gasteiger partial charge in [0.2, 0.25) is 0 Å². The van der Waals surface area contributed by atoms with Crippen molar-refractivity contribution in [3.8, 4) is 5.75 Å². The standard InChI is InChI=1S/C16H19N3OS/c1-19(12-10-13-7-5-6-11-17-13)16(21)18-14-8-3-4-9-15(14)20-2/h3-9,11H,10,12H2,1-2H3,(H,18,21). The second kappa shape index (κ2) is 7.59. The van der Waals surface area contributed by atoms with E-state index in [1.54, 1.807) is 13.3 Å². The van der Waals surface area contributed by atoms with Crippen molar-refractivity contribution in [3.05, 3.63) is 54.4 Å². The van der Waals surface area contributed by atoms with Crippen LogP contribution in [0.5, 0.6) is 5.75 Å². The van der Waals surface area contributed by atoms with Gasteiger partial charge >= 0.3 is 0 Å². The summed E-state index contributed by atoms with van der Waals surface area (Å²) in [4.78, 5) is 6.31. The quantitative estimate of drug-likeness (QED) is 0.859. The number of thiocarbonyl (C=S) groups is 1. The monoisotopic (exact) mass is 301 g/mol. The second-order valence-electron chi connectivity index (χ2n) is 4.62. The molecule has 0 atom stereocenters. The molecule has 2 aromatic rings. The Hall–Kier alpha value is -2.14. The highest BCUT2D eigenvalue weighted by molar-refractivity contribution is 7.80. The average Bonchev–Trinajstić information content (AvgIpc) is 2.54. The number of aromatic nitrogens is 1. The second-order valence-corrected chi connectivity index (χ2v) is 5.01. The third-order valence-corrected chi connectivity index (χ3v) is 3.54.